The van der Waals surface area contributed by atoms with Crippen molar-refractivity contribution >= 4 is 0 Å². The normalized spacial score (nSPS) is 12.2. The standard InChI is InChI=1S/C15H21N3O2/c1-4-8-18-10-12(9-17-18)20-14-7-5-6-13(19-3)15(14)11(2)16/h5-7,9-11H,4,8,16H2,1-3H3/t11-/m0/s1. The van der Waals surface area contributed by atoms with Crippen molar-refractivity contribution in [2.45, 2.75) is 32.9 Å². The lowest BCUT2D eigenvalue weighted by molar-refractivity contribution is 0.397. The van der Waals surface area contributed by atoms with Crippen LogP contribution in [0.25, 0.3) is 0 Å². The van der Waals surface area contributed by atoms with Crippen LogP contribution in [0.5, 0.6) is 17.2 Å². The summed E-state index contributed by atoms with van der Waals surface area (Å²) in [6.07, 6.45) is 4.62. The highest BCUT2D eigenvalue weighted by Gasteiger charge is 2.15. The predicted octanol–water partition coefficient (Wildman–Crippen LogP) is 3.11. The third-order valence-corrected chi connectivity index (χ3v) is 2.99. The van der Waals surface area contributed by atoms with Crippen molar-refractivity contribution in [3.05, 3.63) is 36.2 Å². The number of nitrogens with zero attached hydrogens (tertiary/aromatic N) is 2. The van der Waals surface area contributed by atoms with Gasteiger partial charge in [0.1, 0.15) is 11.5 Å². The fourth-order valence-corrected chi connectivity index (χ4v) is 2.12. The third kappa shape index (κ3) is 3.11. The molecule has 0 fully saturated rings. The van der Waals surface area contributed by atoms with E-state index in [4.69, 9.17) is 15.2 Å². The van der Waals surface area contributed by atoms with Crippen molar-refractivity contribution in [3.63, 3.8) is 0 Å². The summed E-state index contributed by atoms with van der Waals surface area (Å²) in [4.78, 5) is 0. The summed E-state index contributed by atoms with van der Waals surface area (Å²) < 4.78 is 13.1. The van der Waals surface area contributed by atoms with E-state index in [-0.39, 0.29) is 6.04 Å². The largest absolute Gasteiger partial charge is 0.496 e. The lowest BCUT2D eigenvalue weighted by Crippen LogP contribution is -2.08. The molecule has 5 heteroatoms. The fraction of sp³-hybridized carbons (Fsp3) is 0.400. The molecule has 0 saturated heterocycles. The highest BCUT2D eigenvalue weighted by Crippen LogP contribution is 2.35. The van der Waals surface area contributed by atoms with E-state index in [0.29, 0.717) is 11.5 Å². The van der Waals surface area contributed by atoms with Crippen LogP contribution in [0.2, 0.25) is 0 Å². The zero-order valence-electron chi connectivity index (χ0n) is 12.2. The van der Waals surface area contributed by atoms with Crippen molar-refractivity contribution in [1.82, 2.24) is 9.78 Å². The van der Waals surface area contributed by atoms with Crippen LogP contribution in [0.4, 0.5) is 0 Å². The first-order chi connectivity index (χ1) is 9.65. The molecule has 2 rings (SSSR count). The van der Waals surface area contributed by atoms with Crippen LogP contribution in [-0.2, 0) is 6.54 Å². The molecule has 0 saturated carbocycles. The van der Waals surface area contributed by atoms with Crippen molar-refractivity contribution in [2.75, 3.05) is 7.11 Å². The van der Waals surface area contributed by atoms with Crippen LogP contribution in [-0.4, -0.2) is 16.9 Å². The van der Waals surface area contributed by atoms with Gasteiger partial charge in [-0.2, -0.15) is 5.10 Å². The van der Waals surface area contributed by atoms with Gasteiger partial charge < -0.3 is 15.2 Å². The summed E-state index contributed by atoms with van der Waals surface area (Å²) in [5.41, 5.74) is 6.88. The summed E-state index contributed by atoms with van der Waals surface area (Å²) >= 11 is 0. The molecule has 1 heterocycles. The minimum absolute atomic E-state index is 0.174. The summed E-state index contributed by atoms with van der Waals surface area (Å²) in [6, 6.07) is 5.48. The second-order valence-corrected chi connectivity index (χ2v) is 4.70. The Hall–Kier alpha value is -2.01. The first-order valence-corrected chi connectivity index (χ1v) is 6.78. The number of hydrogen-bond acceptors (Lipinski definition) is 4. The summed E-state index contributed by atoms with van der Waals surface area (Å²) in [5, 5.41) is 4.25. The molecule has 5 nitrogen and oxygen atoms in total. The van der Waals surface area contributed by atoms with Gasteiger partial charge in [-0.15, -0.1) is 0 Å². The topological polar surface area (TPSA) is 62.3 Å². The molecule has 0 amide bonds. The molecular formula is C15H21N3O2. The van der Waals surface area contributed by atoms with E-state index < -0.39 is 0 Å². The maximum atomic E-state index is 6.02. The minimum atomic E-state index is -0.174. The monoisotopic (exact) mass is 275 g/mol. The number of benzene rings is 1. The average molecular weight is 275 g/mol. The van der Waals surface area contributed by atoms with Gasteiger partial charge in [0.2, 0.25) is 0 Å². The minimum Gasteiger partial charge on any atom is -0.496 e. The molecule has 1 aromatic carbocycles. The summed E-state index contributed by atoms with van der Waals surface area (Å²) in [6.45, 7) is 4.89. The Morgan fingerprint density at radius 3 is 2.75 bits per heavy atom. The zero-order chi connectivity index (χ0) is 14.5. The van der Waals surface area contributed by atoms with E-state index in [9.17, 15) is 0 Å². The maximum Gasteiger partial charge on any atom is 0.165 e. The molecule has 0 bridgehead atoms. The van der Waals surface area contributed by atoms with Crippen molar-refractivity contribution in [1.29, 1.82) is 0 Å². The highest BCUT2D eigenvalue weighted by atomic mass is 16.5. The van der Waals surface area contributed by atoms with Gasteiger partial charge in [0.15, 0.2) is 5.75 Å². The molecule has 108 valence electrons. The molecule has 2 N–H and O–H groups in total. The lowest BCUT2D eigenvalue weighted by Gasteiger charge is -2.16. The van der Waals surface area contributed by atoms with Gasteiger partial charge in [-0.05, 0) is 25.5 Å². The van der Waals surface area contributed by atoms with Crippen molar-refractivity contribution in [3.8, 4) is 17.2 Å². The van der Waals surface area contributed by atoms with Crippen LogP contribution < -0.4 is 15.2 Å². The average Bonchev–Trinajstić information content (AvgIpc) is 2.86. The van der Waals surface area contributed by atoms with Gasteiger partial charge in [0, 0.05) is 12.6 Å². The Morgan fingerprint density at radius 1 is 1.35 bits per heavy atom. The Labute approximate surface area is 119 Å². The third-order valence-electron chi connectivity index (χ3n) is 2.99. The number of aryl methyl sites for hydroxylation is 1. The lowest BCUT2D eigenvalue weighted by atomic mass is 10.1. The van der Waals surface area contributed by atoms with E-state index in [2.05, 4.69) is 12.0 Å². The molecule has 1 aromatic heterocycles. The molecular weight excluding hydrogens is 254 g/mol. The second kappa shape index (κ2) is 6.43. The summed E-state index contributed by atoms with van der Waals surface area (Å²) in [5.74, 6) is 2.14. The molecule has 0 aliphatic heterocycles. The highest BCUT2D eigenvalue weighted by molar-refractivity contribution is 5.48. The number of rotatable bonds is 6. The predicted molar refractivity (Wildman–Crippen MR) is 78.2 cm³/mol. The molecule has 0 spiro atoms. The summed E-state index contributed by atoms with van der Waals surface area (Å²) in [7, 11) is 1.63. The molecule has 2 aromatic rings. The second-order valence-electron chi connectivity index (χ2n) is 4.70. The van der Waals surface area contributed by atoms with E-state index in [1.807, 2.05) is 36.0 Å². The van der Waals surface area contributed by atoms with E-state index in [0.717, 1.165) is 24.3 Å². The van der Waals surface area contributed by atoms with E-state index in [1.165, 1.54) is 0 Å². The van der Waals surface area contributed by atoms with E-state index in [1.54, 1.807) is 13.3 Å². The molecule has 0 aliphatic carbocycles. The zero-order valence-corrected chi connectivity index (χ0v) is 12.2. The van der Waals surface area contributed by atoms with E-state index >= 15 is 0 Å². The quantitative estimate of drug-likeness (QED) is 0.879. The van der Waals surface area contributed by atoms with Gasteiger partial charge in [-0.25, -0.2) is 0 Å². The maximum absolute atomic E-state index is 6.02. The van der Waals surface area contributed by atoms with Crippen LogP contribution in [0.15, 0.2) is 30.6 Å². The first kappa shape index (κ1) is 14.4. The Kier molecular flexibility index (Phi) is 4.63. The first-order valence-electron chi connectivity index (χ1n) is 6.78. The molecule has 0 radical (unpaired) electrons. The number of ether oxygens (including phenoxy) is 2. The van der Waals surface area contributed by atoms with Gasteiger partial charge in [-0.3, -0.25) is 4.68 Å². The number of methoxy groups -OCH3 is 1. The number of aromatic nitrogens is 2. The van der Waals surface area contributed by atoms with Crippen molar-refractivity contribution in [2.24, 2.45) is 5.73 Å². The molecule has 1 atom stereocenters. The van der Waals surface area contributed by atoms with Gasteiger partial charge in [0.05, 0.1) is 25.1 Å². The smallest absolute Gasteiger partial charge is 0.165 e. The fourth-order valence-electron chi connectivity index (χ4n) is 2.12. The molecule has 0 aliphatic rings. The molecule has 0 unspecified atom stereocenters. The van der Waals surface area contributed by atoms with Crippen LogP contribution in [0.1, 0.15) is 31.9 Å². The van der Waals surface area contributed by atoms with Crippen LogP contribution >= 0.6 is 0 Å². The Bertz CT molecular complexity index is 564. The van der Waals surface area contributed by atoms with Crippen molar-refractivity contribution < 1.29 is 9.47 Å². The SMILES string of the molecule is CCCn1cc(Oc2cccc(OC)c2[C@H](C)N)cn1. The number of nitrogens with two attached hydrogens (primary N) is 1. The Morgan fingerprint density at radius 2 is 2.10 bits per heavy atom. The Balaban J connectivity index is 2.27. The molecule has 20 heavy (non-hydrogen) atoms. The van der Waals surface area contributed by atoms with Gasteiger partial charge in [-0.1, -0.05) is 13.0 Å². The van der Waals surface area contributed by atoms with Gasteiger partial charge >= 0.3 is 0 Å². The van der Waals surface area contributed by atoms with Gasteiger partial charge in [0.25, 0.3) is 0 Å². The van der Waals surface area contributed by atoms with Crippen LogP contribution in [0, 0.1) is 0 Å². The number of hydrogen-bond donors (Lipinski definition) is 1. The van der Waals surface area contributed by atoms with Crippen LogP contribution in [0.3, 0.4) is 0 Å².